The van der Waals surface area contributed by atoms with E-state index in [2.05, 4.69) is 26.0 Å². The first-order valence-electron chi connectivity index (χ1n) is 13.0. The number of unbranched alkanes of at least 4 members (excludes halogenated alkanes) is 12. The van der Waals surface area contributed by atoms with Crippen molar-refractivity contribution < 1.29 is 64.4 Å². The van der Waals surface area contributed by atoms with Crippen LogP contribution in [0, 0.1) is 0 Å². The molecule has 0 fully saturated rings. The zero-order valence-electron chi connectivity index (χ0n) is 21.3. The second kappa shape index (κ2) is 17.6. The van der Waals surface area contributed by atoms with Crippen molar-refractivity contribution in [2.75, 3.05) is 0 Å². The van der Waals surface area contributed by atoms with Crippen molar-refractivity contribution in [2.45, 2.75) is 121 Å². The summed E-state index contributed by atoms with van der Waals surface area (Å²) in [5, 5.41) is 1.98. The van der Waals surface area contributed by atoms with Gasteiger partial charge >= 0.3 is 51.4 Å². The quantitative estimate of drug-likeness (QED) is 0.168. The molecular formula is C28H43KO3S. The van der Waals surface area contributed by atoms with Crippen molar-refractivity contribution in [3.8, 4) is 0 Å². The minimum Gasteiger partial charge on any atom is -0.744 e. The van der Waals surface area contributed by atoms with Crippen LogP contribution in [0.5, 0.6) is 0 Å². The van der Waals surface area contributed by atoms with Crippen molar-refractivity contribution in [2.24, 2.45) is 0 Å². The Balaban J connectivity index is 0.00000544. The second-order valence-electron chi connectivity index (χ2n) is 9.33. The third kappa shape index (κ3) is 12.2. The van der Waals surface area contributed by atoms with E-state index in [-0.39, 0.29) is 56.3 Å². The summed E-state index contributed by atoms with van der Waals surface area (Å²) in [4.78, 5) is -0.0947. The minimum atomic E-state index is -4.45. The van der Waals surface area contributed by atoms with E-state index in [9.17, 15) is 13.0 Å². The average Bonchev–Trinajstić information content (AvgIpc) is 2.77. The molecule has 0 N–H and O–H groups in total. The summed E-state index contributed by atoms with van der Waals surface area (Å²) in [6, 6.07) is 9.49. The van der Waals surface area contributed by atoms with Gasteiger partial charge in [-0.3, -0.25) is 0 Å². The van der Waals surface area contributed by atoms with Gasteiger partial charge in [0.15, 0.2) is 0 Å². The Hall–Kier alpha value is 0.246. The van der Waals surface area contributed by atoms with Crippen LogP contribution in [-0.4, -0.2) is 13.0 Å². The molecule has 33 heavy (non-hydrogen) atoms. The third-order valence-corrected chi connectivity index (χ3v) is 7.30. The minimum absolute atomic E-state index is 0. The molecule has 2 aromatic rings. The largest absolute Gasteiger partial charge is 1.00 e. The van der Waals surface area contributed by atoms with Crippen LogP contribution in [0.2, 0.25) is 0 Å². The summed E-state index contributed by atoms with van der Waals surface area (Å²) in [5.74, 6) is 0. The maximum Gasteiger partial charge on any atom is 1.00 e. The molecule has 0 saturated heterocycles. The number of hydrogen-bond acceptors (Lipinski definition) is 3. The molecule has 0 aliphatic carbocycles. The van der Waals surface area contributed by atoms with Gasteiger partial charge in [-0.1, -0.05) is 109 Å². The average molecular weight is 499 g/mol. The third-order valence-electron chi connectivity index (χ3n) is 6.49. The van der Waals surface area contributed by atoms with Crippen molar-refractivity contribution in [1.29, 1.82) is 0 Å². The van der Waals surface area contributed by atoms with E-state index in [4.69, 9.17) is 0 Å². The Morgan fingerprint density at radius 1 is 0.667 bits per heavy atom. The number of benzene rings is 2. The number of hydrogen-bond donors (Lipinski definition) is 0. The Morgan fingerprint density at radius 2 is 1.18 bits per heavy atom. The van der Waals surface area contributed by atoms with Gasteiger partial charge in [-0.15, -0.1) is 0 Å². The summed E-state index contributed by atoms with van der Waals surface area (Å²) in [5.41, 5.74) is 2.32. The van der Waals surface area contributed by atoms with Crippen molar-refractivity contribution >= 4 is 20.9 Å². The molecule has 0 radical (unpaired) electrons. The normalized spacial score (nSPS) is 11.6. The second-order valence-corrected chi connectivity index (χ2v) is 10.7. The van der Waals surface area contributed by atoms with Crippen LogP contribution in [0.15, 0.2) is 35.2 Å². The first-order chi connectivity index (χ1) is 15.5. The summed E-state index contributed by atoms with van der Waals surface area (Å²) < 4.78 is 35.1. The Morgan fingerprint density at radius 3 is 1.73 bits per heavy atom. The maximum atomic E-state index is 11.7. The molecule has 0 spiro atoms. The fourth-order valence-electron chi connectivity index (χ4n) is 4.52. The van der Waals surface area contributed by atoms with E-state index >= 15 is 0 Å². The van der Waals surface area contributed by atoms with E-state index in [1.165, 1.54) is 82.6 Å². The molecule has 0 saturated carbocycles. The van der Waals surface area contributed by atoms with E-state index in [0.29, 0.717) is 0 Å². The molecule has 0 aliphatic rings. The first kappa shape index (κ1) is 31.3. The van der Waals surface area contributed by atoms with E-state index in [1.807, 2.05) is 6.07 Å². The van der Waals surface area contributed by atoms with Crippen LogP contribution in [0.4, 0.5) is 0 Å². The van der Waals surface area contributed by atoms with E-state index < -0.39 is 10.1 Å². The molecule has 3 nitrogen and oxygen atoms in total. The molecule has 0 heterocycles. The molecule has 2 aromatic carbocycles. The molecule has 2 rings (SSSR count). The first-order valence-corrected chi connectivity index (χ1v) is 14.4. The zero-order chi connectivity index (χ0) is 23.2. The smallest absolute Gasteiger partial charge is 0.744 e. The van der Waals surface area contributed by atoms with E-state index in [1.54, 1.807) is 12.1 Å². The van der Waals surface area contributed by atoms with Gasteiger partial charge in [0.05, 0.1) is 4.90 Å². The number of fused-ring (bicyclic) bond motifs is 1. The zero-order valence-corrected chi connectivity index (χ0v) is 25.3. The van der Waals surface area contributed by atoms with Crippen LogP contribution < -0.4 is 51.4 Å². The molecule has 0 unspecified atom stereocenters. The predicted octanol–water partition coefficient (Wildman–Crippen LogP) is 5.33. The fraction of sp³-hybridized carbons (Fsp3) is 0.643. The van der Waals surface area contributed by atoms with Crippen LogP contribution in [-0.2, 0) is 23.0 Å². The van der Waals surface area contributed by atoms with Crippen molar-refractivity contribution in [3.63, 3.8) is 0 Å². The van der Waals surface area contributed by atoms with Gasteiger partial charge in [-0.2, -0.15) is 0 Å². The molecular weight excluding hydrogens is 455 g/mol. The maximum absolute atomic E-state index is 11.7. The molecule has 0 amide bonds. The Labute approximate surface area is 245 Å². The van der Waals surface area contributed by atoms with Gasteiger partial charge in [0.25, 0.3) is 0 Å². The molecule has 5 heteroatoms. The number of aryl methyl sites for hydroxylation is 2. The summed E-state index contributed by atoms with van der Waals surface area (Å²) in [6.07, 6.45) is 19.5. The standard InChI is InChI=1S/C28H44O3S.K/c1-3-5-7-9-11-13-15-17-24-19-20-26-23-27(32(29,30)31)22-25(28(26)21-24)18-16-14-12-10-8-6-4-2;/h19-23H,3-18H2,1-2H3,(H,29,30,31);/q;+1/p-1. The van der Waals surface area contributed by atoms with Gasteiger partial charge in [-0.05, 0) is 59.7 Å². The monoisotopic (exact) mass is 498 g/mol. The Bertz CT molecular complexity index is 909. The van der Waals surface area contributed by atoms with Crippen LogP contribution in [0.1, 0.15) is 115 Å². The predicted molar refractivity (Wildman–Crippen MR) is 135 cm³/mol. The summed E-state index contributed by atoms with van der Waals surface area (Å²) in [6.45, 7) is 4.47. The summed E-state index contributed by atoms with van der Waals surface area (Å²) >= 11 is 0. The topological polar surface area (TPSA) is 57.2 Å². The fourth-order valence-corrected chi connectivity index (χ4v) is 5.08. The molecule has 0 bridgehead atoms. The molecule has 0 aliphatic heterocycles. The van der Waals surface area contributed by atoms with Crippen LogP contribution in [0.25, 0.3) is 10.8 Å². The van der Waals surface area contributed by atoms with Gasteiger partial charge in [0, 0.05) is 0 Å². The number of rotatable bonds is 17. The van der Waals surface area contributed by atoms with Gasteiger partial charge < -0.3 is 4.55 Å². The van der Waals surface area contributed by atoms with Gasteiger partial charge in [0.2, 0.25) is 0 Å². The molecule has 0 atom stereocenters. The summed E-state index contributed by atoms with van der Waals surface area (Å²) in [7, 11) is -4.45. The molecule has 180 valence electrons. The SMILES string of the molecule is CCCCCCCCCc1ccc2cc(S(=O)(=O)[O-])cc(CCCCCCCCC)c2c1.[K+]. The van der Waals surface area contributed by atoms with Crippen LogP contribution >= 0.6 is 0 Å². The Kier molecular flexibility index (Phi) is 16.7. The van der Waals surface area contributed by atoms with E-state index in [0.717, 1.165) is 42.0 Å². The van der Waals surface area contributed by atoms with Gasteiger partial charge in [0.1, 0.15) is 10.1 Å². The van der Waals surface area contributed by atoms with Crippen molar-refractivity contribution in [3.05, 3.63) is 41.5 Å². The van der Waals surface area contributed by atoms with Crippen molar-refractivity contribution in [1.82, 2.24) is 0 Å². The van der Waals surface area contributed by atoms with Gasteiger partial charge in [-0.25, -0.2) is 8.42 Å². The molecule has 0 aromatic heterocycles. The van der Waals surface area contributed by atoms with Crippen LogP contribution in [0.3, 0.4) is 0 Å².